The van der Waals surface area contributed by atoms with Crippen molar-refractivity contribution < 1.29 is 0 Å². The van der Waals surface area contributed by atoms with Gasteiger partial charge in [-0.15, -0.1) is 0 Å². The molecule has 3 atom stereocenters. The van der Waals surface area contributed by atoms with Crippen LogP contribution in [0.1, 0.15) is 58.8 Å². The minimum absolute atomic E-state index is 0.301. The van der Waals surface area contributed by atoms with E-state index in [2.05, 4.69) is 37.7 Å². The summed E-state index contributed by atoms with van der Waals surface area (Å²) in [5, 5.41) is 0. The van der Waals surface area contributed by atoms with Crippen molar-refractivity contribution in [1.82, 2.24) is 9.80 Å². The average Bonchev–Trinajstić information content (AvgIpc) is 2.86. The molecule has 2 N–H and O–H groups in total. The van der Waals surface area contributed by atoms with Crippen molar-refractivity contribution in [1.29, 1.82) is 0 Å². The Morgan fingerprint density at radius 1 is 1.24 bits per heavy atom. The first-order chi connectivity index (χ1) is 9.97. The van der Waals surface area contributed by atoms with Crippen LogP contribution in [0.25, 0.3) is 0 Å². The van der Waals surface area contributed by atoms with E-state index in [9.17, 15) is 0 Å². The molecule has 3 nitrogen and oxygen atoms in total. The average molecular weight is 296 g/mol. The Morgan fingerprint density at radius 3 is 2.62 bits per heavy atom. The maximum Gasteiger partial charge on any atom is 0.0337 e. The molecule has 0 aromatic heterocycles. The Morgan fingerprint density at radius 2 is 2.00 bits per heavy atom. The van der Waals surface area contributed by atoms with Gasteiger partial charge in [0.05, 0.1) is 0 Å². The lowest BCUT2D eigenvalue weighted by molar-refractivity contribution is 0.0149. The van der Waals surface area contributed by atoms with E-state index in [4.69, 9.17) is 5.73 Å². The zero-order chi connectivity index (χ0) is 15.5. The summed E-state index contributed by atoms with van der Waals surface area (Å²) in [6.07, 6.45) is 9.55. The van der Waals surface area contributed by atoms with Gasteiger partial charge in [-0.05, 0) is 64.6 Å². The molecule has 3 unspecified atom stereocenters. The lowest BCUT2D eigenvalue weighted by Crippen LogP contribution is -2.59. The molecule has 2 rings (SSSR count). The standard InChI is InChI=1S/C18H37N3/c1-15(2)11-16-7-5-9-18(12-16,14-19)21-10-6-8-17(21)13-20(3)4/h15-17H,5-14,19H2,1-4H3. The van der Waals surface area contributed by atoms with Gasteiger partial charge in [0.25, 0.3) is 0 Å². The van der Waals surface area contributed by atoms with Gasteiger partial charge in [-0.25, -0.2) is 0 Å². The summed E-state index contributed by atoms with van der Waals surface area (Å²) in [5.41, 5.74) is 6.65. The number of likely N-dealkylation sites (N-methyl/N-ethyl adjacent to an activating group) is 1. The van der Waals surface area contributed by atoms with E-state index >= 15 is 0 Å². The number of rotatable bonds is 6. The van der Waals surface area contributed by atoms with Crippen molar-refractivity contribution in [2.75, 3.05) is 33.7 Å². The summed E-state index contributed by atoms with van der Waals surface area (Å²) in [5.74, 6) is 1.71. The zero-order valence-electron chi connectivity index (χ0n) is 14.8. The van der Waals surface area contributed by atoms with Crippen molar-refractivity contribution in [2.45, 2.75) is 70.4 Å². The highest BCUT2D eigenvalue weighted by molar-refractivity contribution is 5.01. The second-order valence-electron chi connectivity index (χ2n) is 8.27. The molecule has 1 aliphatic heterocycles. The van der Waals surface area contributed by atoms with Crippen LogP contribution in [0.5, 0.6) is 0 Å². The van der Waals surface area contributed by atoms with Gasteiger partial charge < -0.3 is 10.6 Å². The highest BCUT2D eigenvalue weighted by atomic mass is 15.3. The lowest BCUT2D eigenvalue weighted by atomic mass is 9.72. The van der Waals surface area contributed by atoms with E-state index in [0.29, 0.717) is 5.54 Å². The van der Waals surface area contributed by atoms with E-state index < -0.39 is 0 Å². The highest BCUT2D eigenvalue weighted by Crippen LogP contribution is 2.42. The molecule has 3 heteroatoms. The summed E-state index contributed by atoms with van der Waals surface area (Å²) in [6.45, 7) is 8.04. The van der Waals surface area contributed by atoms with Gasteiger partial charge in [0, 0.05) is 24.7 Å². The fourth-order valence-electron chi connectivity index (χ4n) is 4.96. The third kappa shape index (κ3) is 4.20. The van der Waals surface area contributed by atoms with E-state index in [1.54, 1.807) is 0 Å². The van der Waals surface area contributed by atoms with Crippen LogP contribution in [-0.4, -0.2) is 55.1 Å². The first-order valence-corrected chi connectivity index (χ1v) is 9.08. The molecule has 1 heterocycles. The molecule has 21 heavy (non-hydrogen) atoms. The molecule has 0 aromatic rings. The van der Waals surface area contributed by atoms with Gasteiger partial charge in [0.2, 0.25) is 0 Å². The molecule has 1 aliphatic carbocycles. The minimum Gasteiger partial charge on any atom is -0.329 e. The Labute approximate surface area is 132 Å². The van der Waals surface area contributed by atoms with E-state index in [1.807, 2.05) is 0 Å². The number of nitrogens with zero attached hydrogens (tertiary/aromatic N) is 2. The van der Waals surface area contributed by atoms with Gasteiger partial charge in [-0.3, -0.25) is 4.90 Å². The molecular weight excluding hydrogens is 258 g/mol. The van der Waals surface area contributed by atoms with Crippen molar-refractivity contribution in [3.63, 3.8) is 0 Å². The normalized spacial score (nSPS) is 35.0. The van der Waals surface area contributed by atoms with Gasteiger partial charge in [-0.1, -0.05) is 26.7 Å². The maximum atomic E-state index is 6.35. The Hall–Kier alpha value is -0.120. The van der Waals surface area contributed by atoms with Crippen LogP contribution < -0.4 is 5.73 Å². The molecule has 1 saturated heterocycles. The SMILES string of the molecule is CC(C)CC1CCCC(CN)(N2CCCC2CN(C)C)C1. The van der Waals surface area contributed by atoms with Crippen LogP contribution >= 0.6 is 0 Å². The summed E-state index contributed by atoms with van der Waals surface area (Å²) in [7, 11) is 4.40. The largest absolute Gasteiger partial charge is 0.329 e. The van der Waals surface area contributed by atoms with Gasteiger partial charge >= 0.3 is 0 Å². The third-order valence-electron chi connectivity index (χ3n) is 5.67. The Bertz CT molecular complexity index is 316. The van der Waals surface area contributed by atoms with E-state index in [1.165, 1.54) is 58.0 Å². The molecule has 0 radical (unpaired) electrons. The second-order valence-corrected chi connectivity index (χ2v) is 8.27. The minimum atomic E-state index is 0.301. The smallest absolute Gasteiger partial charge is 0.0337 e. The van der Waals surface area contributed by atoms with Gasteiger partial charge in [0.1, 0.15) is 0 Å². The monoisotopic (exact) mass is 295 g/mol. The van der Waals surface area contributed by atoms with Gasteiger partial charge in [0.15, 0.2) is 0 Å². The summed E-state index contributed by atoms with van der Waals surface area (Å²) >= 11 is 0. The summed E-state index contributed by atoms with van der Waals surface area (Å²) < 4.78 is 0. The second kappa shape index (κ2) is 7.43. The predicted octanol–water partition coefficient (Wildman–Crippen LogP) is 2.95. The van der Waals surface area contributed by atoms with Crippen LogP contribution in [0.2, 0.25) is 0 Å². The van der Waals surface area contributed by atoms with Crippen LogP contribution in [0.3, 0.4) is 0 Å². The Balaban J connectivity index is 2.08. The molecule has 0 spiro atoms. The molecular formula is C18H37N3. The fraction of sp³-hybridized carbons (Fsp3) is 1.00. The fourth-order valence-corrected chi connectivity index (χ4v) is 4.96. The number of hydrogen-bond donors (Lipinski definition) is 1. The van der Waals surface area contributed by atoms with E-state index in [-0.39, 0.29) is 0 Å². The summed E-state index contributed by atoms with van der Waals surface area (Å²) in [6, 6.07) is 0.723. The first-order valence-electron chi connectivity index (χ1n) is 9.08. The number of hydrogen-bond acceptors (Lipinski definition) is 3. The van der Waals surface area contributed by atoms with Gasteiger partial charge in [-0.2, -0.15) is 0 Å². The van der Waals surface area contributed by atoms with Crippen molar-refractivity contribution in [3.05, 3.63) is 0 Å². The lowest BCUT2D eigenvalue weighted by Gasteiger charge is -2.50. The van der Waals surface area contributed by atoms with Crippen molar-refractivity contribution in [2.24, 2.45) is 17.6 Å². The topological polar surface area (TPSA) is 32.5 Å². The number of likely N-dealkylation sites (tertiary alicyclic amines) is 1. The molecule has 2 fully saturated rings. The van der Waals surface area contributed by atoms with Crippen LogP contribution in [-0.2, 0) is 0 Å². The maximum absolute atomic E-state index is 6.35. The molecule has 0 aromatic carbocycles. The molecule has 2 aliphatic rings. The molecule has 0 amide bonds. The van der Waals surface area contributed by atoms with E-state index in [0.717, 1.165) is 24.4 Å². The van der Waals surface area contributed by atoms with Crippen molar-refractivity contribution >= 4 is 0 Å². The molecule has 124 valence electrons. The predicted molar refractivity (Wildman–Crippen MR) is 91.5 cm³/mol. The quantitative estimate of drug-likeness (QED) is 0.818. The zero-order valence-corrected chi connectivity index (χ0v) is 14.8. The molecule has 0 bridgehead atoms. The van der Waals surface area contributed by atoms with Crippen LogP contribution in [0, 0.1) is 11.8 Å². The number of nitrogens with two attached hydrogens (primary N) is 1. The third-order valence-corrected chi connectivity index (χ3v) is 5.67. The molecule has 1 saturated carbocycles. The Kier molecular flexibility index (Phi) is 6.10. The van der Waals surface area contributed by atoms with Crippen LogP contribution in [0.15, 0.2) is 0 Å². The van der Waals surface area contributed by atoms with Crippen molar-refractivity contribution in [3.8, 4) is 0 Å². The highest BCUT2D eigenvalue weighted by Gasteiger charge is 2.44. The van der Waals surface area contributed by atoms with Crippen LogP contribution in [0.4, 0.5) is 0 Å². The first kappa shape index (κ1) is 17.2. The summed E-state index contributed by atoms with van der Waals surface area (Å²) in [4.78, 5) is 5.17.